The second kappa shape index (κ2) is 9.85. The number of nitrogens with zero attached hydrogens (tertiary/aromatic N) is 2. The standard InChI is InChI=1S/C24H34N2/c1-3-5-19-7-9-21(10-8-19)13-16-24-25-17-23(18-26-24)22-14-11-20(6-4-2)12-15-22/h7-10,17-18,20,22H,3-6,11-16H2,1-2H3/t20-,22-. The maximum atomic E-state index is 4.66. The van der Waals surface area contributed by atoms with E-state index in [1.807, 2.05) is 0 Å². The Kier molecular flexibility index (Phi) is 7.22. The van der Waals surface area contributed by atoms with Crippen LogP contribution in [0.1, 0.15) is 87.2 Å². The smallest absolute Gasteiger partial charge is 0.128 e. The van der Waals surface area contributed by atoms with E-state index in [0.717, 1.165) is 24.6 Å². The van der Waals surface area contributed by atoms with Crippen molar-refractivity contribution in [3.05, 3.63) is 59.2 Å². The van der Waals surface area contributed by atoms with Gasteiger partial charge in [-0.15, -0.1) is 0 Å². The number of aromatic nitrogens is 2. The lowest BCUT2D eigenvalue weighted by atomic mass is 9.78. The lowest BCUT2D eigenvalue weighted by Crippen LogP contribution is -2.14. The quantitative estimate of drug-likeness (QED) is 0.559. The van der Waals surface area contributed by atoms with E-state index >= 15 is 0 Å². The second-order valence-corrected chi connectivity index (χ2v) is 8.01. The van der Waals surface area contributed by atoms with Crippen molar-refractivity contribution in [3.8, 4) is 0 Å². The van der Waals surface area contributed by atoms with Crippen LogP contribution < -0.4 is 0 Å². The van der Waals surface area contributed by atoms with Crippen LogP contribution in [-0.2, 0) is 19.3 Å². The monoisotopic (exact) mass is 350 g/mol. The first-order valence-electron chi connectivity index (χ1n) is 10.7. The number of rotatable bonds is 8. The molecular formula is C24H34N2. The minimum atomic E-state index is 0.684. The summed E-state index contributed by atoms with van der Waals surface area (Å²) in [5, 5.41) is 0. The molecule has 1 fully saturated rings. The zero-order chi connectivity index (χ0) is 18.2. The summed E-state index contributed by atoms with van der Waals surface area (Å²) < 4.78 is 0. The molecule has 2 heteroatoms. The first-order valence-corrected chi connectivity index (χ1v) is 10.7. The molecule has 140 valence electrons. The lowest BCUT2D eigenvalue weighted by Gasteiger charge is -2.28. The summed E-state index contributed by atoms with van der Waals surface area (Å²) in [6, 6.07) is 9.04. The van der Waals surface area contributed by atoms with E-state index in [1.54, 1.807) is 0 Å². The van der Waals surface area contributed by atoms with Crippen LogP contribution >= 0.6 is 0 Å². The van der Waals surface area contributed by atoms with Crippen LogP contribution in [0.4, 0.5) is 0 Å². The predicted molar refractivity (Wildman–Crippen MR) is 109 cm³/mol. The van der Waals surface area contributed by atoms with Gasteiger partial charge in [0.15, 0.2) is 0 Å². The molecule has 0 unspecified atom stereocenters. The van der Waals surface area contributed by atoms with Crippen LogP contribution in [0.2, 0.25) is 0 Å². The van der Waals surface area contributed by atoms with E-state index in [9.17, 15) is 0 Å². The second-order valence-electron chi connectivity index (χ2n) is 8.01. The molecule has 1 aromatic heterocycles. The predicted octanol–water partition coefficient (Wildman–Crippen LogP) is 6.29. The highest BCUT2D eigenvalue weighted by molar-refractivity contribution is 5.23. The van der Waals surface area contributed by atoms with Crippen molar-refractivity contribution in [3.63, 3.8) is 0 Å². The molecule has 0 amide bonds. The van der Waals surface area contributed by atoms with Crippen molar-refractivity contribution in [2.45, 2.75) is 84.0 Å². The van der Waals surface area contributed by atoms with E-state index < -0.39 is 0 Å². The molecule has 1 aliphatic carbocycles. The van der Waals surface area contributed by atoms with Crippen LogP contribution in [0.15, 0.2) is 36.7 Å². The van der Waals surface area contributed by atoms with Crippen molar-refractivity contribution >= 4 is 0 Å². The Hall–Kier alpha value is -1.70. The number of benzene rings is 1. The average molecular weight is 351 g/mol. The first kappa shape index (κ1) is 19.1. The van der Waals surface area contributed by atoms with E-state index in [1.165, 1.54) is 68.1 Å². The highest BCUT2D eigenvalue weighted by Crippen LogP contribution is 2.36. The molecule has 0 N–H and O–H groups in total. The largest absolute Gasteiger partial charge is 0.241 e. The third-order valence-electron chi connectivity index (χ3n) is 5.94. The Bertz CT molecular complexity index is 637. The molecule has 1 saturated carbocycles. The summed E-state index contributed by atoms with van der Waals surface area (Å²) in [6.07, 6.45) is 16.7. The van der Waals surface area contributed by atoms with Crippen molar-refractivity contribution in [1.29, 1.82) is 0 Å². The van der Waals surface area contributed by atoms with Crippen molar-refractivity contribution in [2.24, 2.45) is 5.92 Å². The Labute approximate surface area is 159 Å². The van der Waals surface area contributed by atoms with Gasteiger partial charge >= 0.3 is 0 Å². The molecule has 3 rings (SSSR count). The fraction of sp³-hybridized carbons (Fsp3) is 0.583. The molecule has 2 aromatic rings. The first-order chi connectivity index (χ1) is 12.8. The van der Waals surface area contributed by atoms with Crippen LogP contribution in [0, 0.1) is 5.92 Å². The lowest BCUT2D eigenvalue weighted by molar-refractivity contribution is 0.307. The number of hydrogen-bond acceptors (Lipinski definition) is 2. The maximum absolute atomic E-state index is 4.66. The van der Waals surface area contributed by atoms with Crippen LogP contribution in [0.5, 0.6) is 0 Å². The van der Waals surface area contributed by atoms with Crippen LogP contribution in [-0.4, -0.2) is 9.97 Å². The molecule has 2 nitrogen and oxygen atoms in total. The van der Waals surface area contributed by atoms with Gasteiger partial charge in [0.25, 0.3) is 0 Å². The summed E-state index contributed by atoms with van der Waals surface area (Å²) in [5.41, 5.74) is 4.17. The van der Waals surface area contributed by atoms with Gasteiger partial charge < -0.3 is 0 Å². The third-order valence-corrected chi connectivity index (χ3v) is 5.94. The minimum Gasteiger partial charge on any atom is -0.241 e. The van der Waals surface area contributed by atoms with Crippen LogP contribution in [0.3, 0.4) is 0 Å². The van der Waals surface area contributed by atoms with Gasteiger partial charge in [0.1, 0.15) is 5.82 Å². The summed E-state index contributed by atoms with van der Waals surface area (Å²) in [4.78, 5) is 9.32. The molecule has 0 bridgehead atoms. The fourth-order valence-corrected chi connectivity index (χ4v) is 4.31. The molecule has 1 aromatic carbocycles. The van der Waals surface area contributed by atoms with Gasteiger partial charge in [0.05, 0.1) is 0 Å². The van der Waals surface area contributed by atoms with Gasteiger partial charge in [-0.2, -0.15) is 0 Å². The van der Waals surface area contributed by atoms with Gasteiger partial charge in [-0.1, -0.05) is 57.4 Å². The highest BCUT2D eigenvalue weighted by Gasteiger charge is 2.22. The molecular weight excluding hydrogens is 316 g/mol. The number of aryl methyl sites for hydroxylation is 3. The Balaban J connectivity index is 1.48. The Morgan fingerprint density at radius 1 is 0.769 bits per heavy atom. The highest BCUT2D eigenvalue weighted by atomic mass is 14.9. The molecule has 0 radical (unpaired) electrons. The molecule has 26 heavy (non-hydrogen) atoms. The van der Waals surface area contributed by atoms with Crippen molar-refractivity contribution in [1.82, 2.24) is 9.97 Å². The molecule has 1 aliphatic rings. The normalized spacial score (nSPS) is 20.2. The molecule has 0 saturated heterocycles. The van der Waals surface area contributed by atoms with E-state index in [4.69, 9.17) is 0 Å². The van der Waals surface area contributed by atoms with Crippen LogP contribution in [0.25, 0.3) is 0 Å². The van der Waals surface area contributed by atoms with Gasteiger partial charge in [-0.3, -0.25) is 0 Å². The van der Waals surface area contributed by atoms with Gasteiger partial charge in [-0.25, -0.2) is 9.97 Å². The van der Waals surface area contributed by atoms with Crippen molar-refractivity contribution in [2.75, 3.05) is 0 Å². The molecule has 0 spiro atoms. The van der Waals surface area contributed by atoms with E-state index in [-0.39, 0.29) is 0 Å². The summed E-state index contributed by atoms with van der Waals surface area (Å²) in [7, 11) is 0. The van der Waals surface area contributed by atoms with Gasteiger partial charge in [-0.05, 0) is 67.1 Å². The van der Waals surface area contributed by atoms with Gasteiger partial charge in [0, 0.05) is 18.8 Å². The topological polar surface area (TPSA) is 25.8 Å². The van der Waals surface area contributed by atoms with E-state index in [2.05, 4.69) is 60.5 Å². The Morgan fingerprint density at radius 2 is 1.38 bits per heavy atom. The molecule has 1 heterocycles. The SMILES string of the molecule is CCCc1ccc(CCc2ncc([C@H]3CC[C@H](CCC)CC3)cn2)cc1. The van der Waals surface area contributed by atoms with Crippen molar-refractivity contribution < 1.29 is 0 Å². The van der Waals surface area contributed by atoms with Gasteiger partial charge in [0.2, 0.25) is 0 Å². The minimum absolute atomic E-state index is 0.684. The third kappa shape index (κ3) is 5.40. The Morgan fingerprint density at radius 3 is 1.96 bits per heavy atom. The molecule has 0 aliphatic heterocycles. The zero-order valence-electron chi connectivity index (χ0n) is 16.6. The zero-order valence-corrected chi connectivity index (χ0v) is 16.6. The average Bonchev–Trinajstić information content (AvgIpc) is 2.69. The summed E-state index contributed by atoms with van der Waals surface area (Å²) in [5.74, 6) is 2.62. The maximum Gasteiger partial charge on any atom is 0.128 e. The van der Waals surface area contributed by atoms with E-state index in [0.29, 0.717) is 5.92 Å². The summed E-state index contributed by atoms with van der Waals surface area (Å²) >= 11 is 0. The molecule has 0 atom stereocenters. The summed E-state index contributed by atoms with van der Waals surface area (Å²) in [6.45, 7) is 4.53. The number of hydrogen-bond donors (Lipinski definition) is 0. The fourth-order valence-electron chi connectivity index (χ4n) is 4.31.